The molecule has 0 aliphatic carbocycles. The van der Waals surface area contributed by atoms with Gasteiger partial charge in [-0.25, -0.2) is 0 Å². The first-order valence-electron chi connectivity index (χ1n) is 8.40. The molecule has 1 atom stereocenters. The molecule has 2 heterocycles. The Labute approximate surface area is 143 Å². The molecule has 5 nitrogen and oxygen atoms in total. The Bertz CT molecular complexity index is 734. The largest absolute Gasteiger partial charge is 0.377 e. The average Bonchev–Trinajstić information content (AvgIpc) is 2.82. The Balaban J connectivity index is 1.84. The second kappa shape index (κ2) is 6.77. The molecular weight excluding hydrogens is 302 g/mol. The van der Waals surface area contributed by atoms with Gasteiger partial charge in [0.1, 0.15) is 0 Å². The lowest BCUT2D eigenvalue weighted by atomic mass is 10.0. The minimum Gasteiger partial charge on any atom is -0.377 e. The highest BCUT2D eigenvalue weighted by molar-refractivity contribution is 5.79. The standard InChI is InChI=1S/C19H25N3O2/c1-13-5-7-16(8-6-13)11-18(23)22-9-10-24-12-17(22)19-14(2)20-21(4)15(19)3/h5-8,17H,9-12H2,1-4H3/t17-/m1/s1. The number of carbonyl (C=O) groups is 1. The van der Waals surface area contributed by atoms with Crippen LogP contribution in [0, 0.1) is 20.8 Å². The van der Waals surface area contributed by atoms with Crippen molar-refractivity contribution in [3.8, 4) is 0 Å². The van der Waals surface area contributed by atoms with E-state index in [1.165, 1.54) is 5.56 Å². The smallest absolute Gasteiger partial charge is 0.227 e. The summed E-state index contributed by atoms with van der Waals surface area (Å²) in [7, 11) is 1.94. The van der Waals surface area contributed by atoms with Crippen molar-refractivity contribution < 1.29 is 9.53 Å². The minimum absolute atomic E-state index is 0.0506. The van der Waals surface area contributed by atoms with Gasteiger partial charge in [0.2, 0.25) is 5.91 Å². The summed E-state index contributed by atoms with van der Waals surface area (Å²) in [5.41, 5.74) is 5.44. The molecule has 0 unspecified atom stereocenters. The van der Waals surface area contributed by atoms with Gasteiger partial charge in [0.25, 0.3) is 0 Å². The molecule has 0 bridgehead atoms. The zero-order valence-electron chi connectivity index (χ0n) is 14.9. The molecule has 1 amide bonds. The number of aromatic nitrogens is 2. The fourth-order valence-electron chi connectivity index (χ4n) is 3.40. The molecule has 5 heteroatoms. The maximum Gasteiger partial charge on any atom is 0.227 e. The summed E-state index contributed by atoms with van der Waals surface area (Å²) in [6.07, 6.45) is 0.426. The normalized spacial score (nSPS) is 18.0. The summed E-state index contributed by atoms with van der Waals surface area (Å²) in [4.78, 5) is 14.9. The van der Waals surface area contributed by atoms with Gasteiger partial charge in [0, 0.05) is 24.8 Å². The minimum atomic E-state index is -0.0506. The van der Waals surface area contributed by atoms with E-state index in [0.717, 1.165) is 22.5 Å². The molecule has 1 fully saturated rings. The summed E-state index contributed by atoms with van der Waals surface area (Å²) in [6.45, 7) is 7.86. The molecule has 0 spiro atoms. The third-order valence-electron chi connectivity index (χ3n) is 4.82. The topological polar surface area (TPSA) is 47.4 Å². The zero-order valence-corrected chi connectivity index (χ0v) is 14.9. The quantitative estimate of drug-likeness (QED) is 0.870. The van der Waals surface area contributed by atoms with Crippen molar-refractivity contribution in [2.45, 2.75) is 33.2 Å². The lowest BCUT2D eigenvalue weighted by molar-refractivity contribution is -0.139. The van der Waals surface area contributed by atoms with Crippen molar-refractivity contribution in [1.82, 2.24) is 14.7 Å². The van der Waals surface area contributed by atoms with E-state index in [9.17, 15) is 4.79 Å². The van der Waals surface area contributed by atoms with Gasteiger partial charge in [-0.15, -0.1) is 0 Å². The van der Waals surface area contributed by atoms with Crippen LogP contribution in [0.2, 0.25) is 0 Å². The van der Waals surface area contributed by atoms with Crippen molar-refractivity contribution in [2.75, 3.05) is 19.8 Å². The van der Waals surface area contributed by atoms with E-state index in [1.807, 2.05) is 42.6 Å². The van der Waals surface area contributed by atoms with Crippen LogP contribution in [0.4, 0.5) is 0 Å². The Hall–Kier alpha value is -2.14. The van der Waals surface area contributed by atoms with Crippen LogP contribution in [-0.4, -0.2) is 40.3 Å². The molecule has 24 heavy (non-hydrogen) atoms. The number of morpholine rings is 1. The Morgan fingerprint density at radius 1 is 1.25 bits per heavy atom. The Kier molecular flexibility index (Phi) is 4.71. The van der Waals surface area contributed by atoms with Crippen LogP contribution < -0.4 is 0 Å². The van der Waals surface area contributed by atoms with Gasteiger partial charge in [0.15, 0.2) is 0 Å². The van der Waals surface area contributed by atoms with Gasteiger partial charge < -0.3 is 9.64 Å². The highest BCUT2D eigenvalue weighted by Crippen LogP contribution is 2.29. The van der Waals surface area contributed by atoms with Gasteiger partial charge in [-0.1, -0.05) is 29.8 Å². The van der Waals surface area contributed by atoms with E-state index in [-0.39, 0.29) is 11.9 Å². The highest BCUT2D eigenvalue weighted by Gasteiger charge is 2.32. The lowest BCUT2D eigenvalue weighted by Gasteiger charge is -2.36. The second-order valence-electron chi connectivity index (χ2n) is 6.55. The van der Waals surface area contributed by atoms with E-state index in [4.69, 9.17) is 4.74 Å². The van der Waals surface area contributed by atoms with Crippen molar-refractivity contribution in [3.63, 3.8) is 0 Å². The van der Waals surface area contributed by atoms with Crippen molar-refractivity contribution in [1.29, 1.82) is 0 Å². The van der Waals surface area contributed by atoms with Crippen LogP contribution in [0.15, 0.2) is 24.3 Å². The lowest BCUT2D eigenvalue weighted by Crippen LogP contribution is -2.44. The molecular formula is C19H25N3O2. The number of benzene rings is 1. The van der Waals surface area contributed by atoms with Crippen LogP contribution in [0.1, 0.15) is 34.1 Å². The van der Waals surface area contributed by atoms with E-state index in [2.05, 4.69) is 24.2 Å². The molecule has 1 aliphatic rings. The summed E-state index contributed by atoms with van der Waals surface area (Å²) in [5.74, 6) is 0.148. The summed E-state index contributed by atoms with van der Waals surface area (Å²) < 4.78 is 7.55. The fraction of sp³-hybridized carbons (Fsp3) is 0.474. The molecule has 2 aromatic rings. The second-order valence-corrected chi connectivity index (χ2v) is 6.55. The van der Waals surface area contributed by atoms with E-state index >= 15 is 0 Å². The number of carbonyl (C=O) groups excluding carboxylic acids is 1. The molecule has 128 valence electrons. The number of amides is 1. The number of hydrogen-bond donors (Lipinski definition) is 0. The molecule has 1 saturated heterocycles. The van der Waals surface area contributed by atoms with Crippen LogP contribution in [0.5, 0.6) is 0 Å². The Morgan fingerprint density at radius 2 is 1.96 bits per heavy atom. The van der Waals surface area contributed by atoms with Crippen molar-refractivity contribution in [2.24, 2.45) is 7.05 Å². The number of ether oxygens (including phenoxy) is 1. The Morgan fingerprint density at radius 3 is 2.58 bits per heavy atom. The molecule has 3 rings (SSSR count). The molecule has 1 aliphatic heterocycles. The van der Waals surface area contributed by atoms with Crippen LogP contribution in [0.3, 0.4) is 0 Å². The predicted molar refractivity (Wildman–Crippen MR) is 92.8 cm³/mol. The molecule has 0 radical (unpaired) electrons. The third-order valence-corrected chi connectivity index (χ3v) is 4.82. The number of hydrogen-bond acceptors (Lipinski definition) is 3. The summed E-state index contributed by atoms with van der Waals surface area (Å²) in [6, 6.07) is 8.11. The van der Waals surface area contributed by atoms with Crippen molar-refractivity contribution >= 4 is 5.91 Å². The van der Waals surface area contributed by atoms with Gasteiger partial charge in [-0.2, -0.15) is 5.10 Å². The van der Waals surface area contributed by atoms with Crippen LogP contribution in [0.25, 0.3) is 0 Å². The number of nitrogens with zero attached hydrogens (tertiary/aromatic N) is 3. The highest BCUT2D eigenvalue weighted by atomic mass is 16.5. The molecule has 1 aromatic heterocycles. The summed E-state index contributed by atoms with van der Waals surface area (Å²) >= 11 is 0. The maximum atomic E-state index is 12.9. The SMILES string of the molecule is Cc1ccc(CC(=O)N2CCOC[C@@H]2c2c(C)nn(C)c2C)cc1. The zero-order chi connectivity index (χ0) is 17.3. The van der Waals surface area contributed by atoms with Crippen LogP contribution >= 0.6 is 0 Å². The first-order valence-corrected chi connectivity index (χ1v) is 8.40. The van der Waals surface area contributed by atoms with E-state index < -0.39 is 0 Å². The number of rotatable bonds is 3. The van der Waals surface area contributed by atoms with Gasteiger partial charge >= 0.3 is 0 Å². The monoisotopic (exact) mass is 327 g/mol. The predicted octanol–water partition coefficient (Wildman–Crippen LogP) is 2.49. The van der Waals surface area contributed by atoms with Gasteiger partial charge in [0.05, 0.1) is 31.4 Å². The summed E-state index contributed by atoms with van der Waals surface area (Å²) in [5, 5.41) is 4.50. The van der Waals surface area contributed by atoms with Crippen molar-refractivity contribution in [3.05, 3.63) is 52.3 Å². The first-order chi connectivity index (χ1) is 11.5. The van der Waals surface area contributed by atoms with Gasteiger partial charge in [-0.3, -0.25) is 9.48 Å². The van der Waals surface area contributed by atoms with Crippen LogP contribution in [-0.2, 0) is 23.0 Å². The van der Waals surface area contributed by atoms with E-state index in [1.54, 1.807) is 0 Å². The first kappa shape index (κ1) is 16.7. The molecule has 0 N–H and O–H groups in total. The average molecular weight is 327 g/mol. The fourth-order valence-corrected chi connectivity index (χ4v) is 3.40. The molecule has 1 aromatic carbocycles. The number of aryl methyl sites for hydroxylation is 3. The van der Waals surface area contributed by atoms with E-state index in [0.29, 0.717) is 26.2 Å². The maximum absolute atomic E-state index is 12.9. The molecule has 0 saturated carbocycles. The third kappa shape index (κ3) is 3.22. The van der Waals surface area contributed by atoms with Gasteiger partial charge in [-0.05, 0) is 26.3 Å².